The van der Waals surface area contributed by atoms with Crippen LogP contribution in [0.5, 0.6) is 5.75 Å². The number of carbonyl (C=O) groups is 1. The van der Waals surface area contributed by atoms with Crippen molar-refractivity contribution in [2.45, 2.75) is 58.7 Å². The first kappa shape index (κ1) is 18.8. The molecule has 4 nitrogen and oxygen atoms in total. The van der Waals surface area contributed by atoms with Crippen molar-refractivity contribution in [2.24, 2.45) is 5.92 Å². The molecule has 0 N–H and O–H groups in total. The maximum atomic E-state index is 12.6. The van der Waals surface area contributed by atoms with Crippen LogP contribution in [-0.2, 0) is 16.1 Å². The van der Waals surface area contributed by atoms with E-state index in [1.54, 1.807) is 7.11 Å². The number of hydrogen-bond donors (Lipinski definition) is 0. The van der Waals surface area contributed by atoms with Crippen LogP contribution in [0.4, 0.5) is 0 Å². The average Bonchev–Trinajstić information content (AvgIpc) is 2.85. The molecule has 134 valence electrons. The van der Waals surface area contributed by atoms with Crippen LogP contribution in [0, 0.1) is 5.92 Å². The Hall–Kier alpha value is -1.55. The van der Waals surface area contributed by atoms with Gasteiger partial charge < -0.3 is 14.4 Å². The summed E-state index contributed by atoms with van der Waals surface area (Å²) >= 11 is 0. The van der Waals surface area contributed by atoms with Gasteiger partial charge in [-0.15, -0.1) is 0 Å². The summed E-state index contributed by atoms with van der Waals surface area (Å²) < 4.78 is 11.0. The highest BCUT2D eigenvalue weighted by atomic mass is 16.5. The van der Waals surface area contributed by atoms with E-state index in [2.05, 4.69) is 6.92 Å². The summed E-state index contributed by atoms with van der Waals surface area (Å²) in [4.78, 5) is 14.6. The second-order valence-corrected chi connectivity index (χ2v) is 6.72. The molecule has 0 bridgehead atoms. The number of carbonyl (C=O) groups excluding carboxylic acids is 1. The number of likely N-dealkylation sites (tertiary alicyclic amines) is 1. The number of methoxy groups -OCH3 is 1. The molecule has 1 saturated heterocycles. The number of amides is 1. The lowest BCUT2D eigenvalue weighted by atomic mass is 9.96. The lowest BCUT2D eigenvalue weighted by Crippen LogP contribution is -2.39. The number of ether oxygens (including phenoxy) is 2. The lowest BCUT2D eigenvalue weighted by molar-refractivity contribution is -0.143. The van der Waals surface area contributed by atoms with Gasteiger partial charge in [-0.1, -0.05) is 31.9 Å². The van der Waals surface area contributed by atoms with Gasteiger partial charge in [0.2, 0.25) is 0 Å². The Morgan fingerprint density at radius 2 is 2.17 bits per heavy atom. The molecule has 1 aliphatic rings. The van der Waals surface area contributed by atoms with Crippen molar-refractivity contribution in [3.8, 4) is 5.75 Å². The summed E-state index contributed by atoms with van der Waals surface area (Å²) in [5, 5.41) is 0. The third kappa shape index (κ3) is 5.52. The zero-order chi connectivity index (χ0) is 17.4. The van der Waals surface area contributed by atoms with Gasteiger partial charge in [-0.05, 0) is 49.8 Å². The molecule has 1 fully saturated rings. The number of benzene rings is 1. The van der Waals surface area contributed by atoms with Crippen molar-refractivity contribution in [3.63, 3.8) is 0 Å². The molecule has 1 amide bonds. The van der Waals surface area contributed by atoms with Gasteiger partial charge in [0.25, 0.3) is 5.91 Å². The maximum Gasteiger partial charge on any atom is 0.251 e. The quantitative estimate of drug-likeness (QED) is 0.756. The Bertz CT molecular complexity index is 517. The molecule has 2 rings (SSSR count). The predicted molar refractivity (Wildman–Crippen MR) is 96.1 cm³/mol. The molecule has 0 aliphatic carbocycles. The molecule has 1 aromatic rings. The Morgan fingerprint density at radius 3 is 2.92 bits per heavy atom. The second kappa shape index (κ2) is 9.67. The van der Waals surface area contributed by atoms with Crippen LogP contribution in [-0.4, -0.2) is 37.1 Å². The van der Waals surface area contributed by atoms with Gasteiger partial charge in [-0.2, -0.15) is 0 Å². The van der Waals surface area contributed by atoms with E-state index in [9.17, 15) is 4.79 Å². The highest BCUT2D eigenvalue weighted by molar-refractivity contribution is 5.80. The summed E-state index contributed by atoms with van der Waals surface area (Å²) in [6.45, 7) is 6.26. The van der Waals surface area contributed by atoms with Crippen molar-refractivity contribution in [3.05, 3.63) is 29.8 Å². The van der Waals surface area contributed by atoms with E-state index >= 15 is 0 Å². The number of rotatable bonds is 7. The summed E-state index contributed by atoms with van der Waals surface area (Å²) in [6.07, 6.45) is 5.60. The van der Waals surface area contributed by atoms with Gasteiger partial charge in [0.15, 0.2) is 0 Å². The molecule has 0 aromatic heterocycles. The zero-order valence-electron chi connectivity index (χ0n) is 15.3. The van der Waals surface area contributed by atoms with Crippen LogP contribution >= 0.6 is 0 Å². The van der Waals surface area contributed by atoms with Gasteiger partial charge >= 0.3 is 0 Å². The van der Waals surface area contributed by atoms with E-state index in [0.717, 1.165) is 43.2 Å². The molecule has 0 spiro atoms. The molecule has 2 atom stereocenters. The molecular weight excluding hydrogens is 302 g/mol. The zero-order valence-corrected chi connectivity index (χ0v) is 15.3. The van der Waals surface area contributed by atoms with Crippen LogP contribution in [0.1, 0.15) is 51.5 Å². The molecule has 1 heterocycles. The monoisotopic (exact) mass is 333 g/mol. The second-order valence-electron chi connectivity index (χ2n) is 6.72. The third-order valence-corrected chi connectivity index (χ3v) is 4.84. The molecule has 2 unspecified atom stereocenters. The first-order chi connectivity index (χ1) is 11.6. The van der Waals surface area contributed by atoms with Gasteiger partial charge in [0.05, 0.1) is 13.7 Å². The van der Waals surface area contributed by atoms with Gasteiger partial charge in [0, 0.05) is 13.1 Å². The molecule has 1 aliphatic heterocycles. The third-order valence-electron chi connectivity index (χ3n) is 4.84. The Balaban J connectivity index is 1.82. The van der Waals surface area contributed by atoms with Gasteiger partial charge in [-0.25, -0.2) is 0 Å². The van der Waals surface area contributed by atoms with Crippen molar-refractivity contribution in [2.75, 3.05) is 20.2 Å². The van der Waals surface area contributed by atoms with E-state index in [4.69, 9.17) is 9.47 Å². The Labute approximate surface area is 146 Å². The van der Waals surface area contributed by atoms with E-state index in [-0.39, 0.29) is 5.91 Å². The highest BCUT2D eigenvalue weighted by Gasteiger charge is 2.24. The first-order valence-electron chi connectivity index (χ1n) is 9.17. The fraction of sp³-hybridized carbons (Fsp3) is 0.650. The molecule has 24 heavy (non-hydrogen) atoms. The van der Waals surface area contributed by atoms with Crippen LogP contribution in [0.25, 0.3) is 0 Å². The van der Waals surface area contributed by atoms with Crippen LogP contribution in [0.15, 0.2) is 24.3 Å². The van der Waals surface area contributed by atoms with E-state index < -0.39 is 6.10 Å². The Morgan fingerprint density at radius 1 is 1.33 bits per heavy atom. The van der Waals surface area contributed by atoms with Crippen molar-refractivity contribution < 1.29 is 14.3 Å². The van der Waals surface area contributed by atoms with Crippen molar-refractivity contribution >= 4 is 5.91 Å². The SMILES string of the molecule is CCCC1CCCN(C(=O)C(C)OCc2cccc(OC)c2)CC1. The average molecular weight is 333 g/mol. The maximum absolute atomic E-state index is 12.6. The van der Waals surface area contributed by atoms with Gasteiger partial charge in [0.1, 0.15) is 11.9 Å². The van der Waals surface area contributed by atoms with Crippen molar-refractivity contribution in [1.82, 2.24) is 4.90 Å². The van der Waals surface area contributed by atoms with Crippen LogP contribution < -0.4 is 4.74 Å². The summed E-state index contributed by atoms with van der Waals surface area (Å²) in [7, 11) is 1.65. The minimum Gasteiger partial charge on any atom is -0.497 e. The largest absolute Gasteiger partial charge is 0.497 e. The molecule has 1 aromatic carbocycles. The van der Waals surface area contributed by atoms with Crippen molar-refractivity contribution in [1.29, 1.82) is 0 Å². The molecule has 0 radical (unpaired) electrons. The summed E-state index contributed by atoms with van der Waals surface area (Å²) in [5.74, 6) is 1.71. The highest BCUT2D eigenvalue weighted by Crippen LogP contribution is 2.22. The molecule has 4 heteroatoms. The summed E-state index contributed by atoms with van der Waals surface area (Å²) in [6, 6.07) is 7.77. The van der Waals surface area contributed by atoms with E-state index in [1.807, 2.05) is 36.1 Å². The smallest absolute Gasteiger partial charge is 0.251 e. The van der Waals surface area contributed by atoms with Gasteiger partial charge in [-0.3, -0.25) is 4.79 Å². The fourth-order valence-corrected chi connectivity index (χ4v) is 3.39. The minimum absolute atomic E-state index is 0.120. The first-order valence-corrected chi connectivity index (χ1v) is 9.17. The minimum atomic E-state index is -0.404. The number of hydrogen-bond acceptors (Lipinski definition) is 3. The fourth-order valence-electron chi connectivity index (χ4n) is 3.39. The normalized spacial score (nSPS) is 19.6. The standard InChI is InChI=1S/C20H31NO3/c1-4-7-17-9-6-12-21(13-11-17)20(22)16(2)24-15-18-8-5-10-19(14-18)23-3/h5,8,10,14,16-17H,4,6-7,9,11-13,15H2,1-3H3. The molecule has 0 saturated carbocycles. The predicted octanol–water partition coefficient (Wildman–Crippen LogP) is 4.03. The van der Waals surface area contributed by atoms with Crippen LogP contribution in [0.3, 0.4) is 0 Å². The van der Waals surface area contributed by atoms with E-state index in [0.29, 0.717) is 6.61 Å². The summed E-state index contributed by atoms with van der Waals surface area (Å²) in [5.41, 5.74) is 1.02. The van der Waals surface area contributed by atoms with E-state index in [1.165, 1.54) is 19.3 Å². The Kier molecular flexibility index (Phi) is 7.57. The van der Waals surface area contributed by atoms with Crippen LogP contribution in [0.2, 0.25) is 0 Å². The molecular formula is C20H31NO3. The number of nitrogens with zero attached hydrogens (tertiary/aromatic N) is 1. The lowest BCUT2D eigenvalue weighted by Gasteiger charge is -2.24. The topological polar surface area (TPSA) is 38.8 Å².